The number of rotatable bonds is 6. The molecule has 3 amide bonds. The van der Waals surface area contributed by atoms with E-state index in [2.05, 4.69) is 10.4 Å². The molecule has 35 heavy (non-hydrogen) atoms. The number of fused-ring (bicyclic) bond motifs is 1. The highest BCUT2D eigenvalue weighted by Gasteiger charge is 2.41. The van der Waals surface area contributed by atoms with Crippen molar-refractivity contribution in [3.8, 4) is 11.4 Å². The SMILES string of the molecule is COc1ccc(-n2nc(C(N)=O)c3c2C(=O)N(c2ccc(C4(NC(C)=O)COC4)cc2)CC3)cc1. The standard InChI is InChI=1S/C25H25N5O5/c1-15(31)27-25(13-35-14-25)16-3-5-17(6-4-16)29-12-11-20-21(23(26)32)28-30(22(20)24(29)33)18-7-9-19(34-2)10-8-18/h3-10H,11-14H2,1-2H3,(H2,26,32)(H,27,31). The minimum Gasteiger partial charge on any atom is -0.497 e. The van der Waals surface area contributed by atoms with Gasteiger partial charge in [0.2, 0.25) is 5.91 Å². The Bertz CT molecular complexity index is 1310. The van der Waals surface area contributed by atoms with Crippen molar-refractivity contribution in [1.82, 2.24) is 15.1 Å². The predicted molar refractivity (Wildman–Crippen MR) is 127 cm³/mol. The first-order valence-electron chi connectivity index (χ1n) is 11.2. The lowest BCUT2D eigenvalue weighted by Crippen LogP contribution is -2.58. The zero-order valence-corrected chi connectivity index (χ0v) is 19.4. The Morgan fingerprint density at radius 2 is 1.74 bits per heavy atom. The van der Waals surface area contributed by atoms with E-state index in [1.807, 2.05) is 24.3 Å². The van der Waals surface area contributed by atoms with Gasteiger partial charge in [-0.05, 0) is 48.4 Å². The molecule has 10 heteroatoms. The maximum absolute atomic E-state index is 13.7. The molecule has 0 spiro atoms. The van der Waals surface area contributed by atoms with Crippen molar-refractivity contribution >= 4 is 23.4 Å². The monoisotopic (exact) mass is 475 g/mol. The third kappa shape index (κ3) is 3.81. The molecule has 2 aliphatic heterocycles. The Kier molecular flexibility index (Phi) is 5.52. The highest BCUT2D eigenvalue weighted by Crippen LogP contribution is 2.33. The number of nitrogens with one attached hydrogen (secondary N) is 1. The van der Waals surface area contributed by atoms with E-state index in [1.54, 1.807) is 36.3 Å². The van der Waals surface area contributed by atoms with Gasteiger partial charge in [-0.1, -0.05) is 12.1 Å². The second kappa shape index (κ2) is 8.55. The maximum atomic E-state index is 13.7. The number of ether oxygens (including phenoxy) is 2. The van der Waals surface area contributed by atoms with Crippen molar-refractivity contribution in [2.45, 2.75) is 18.9 Å². The summed E-state index contributed by atoms with van der Waals surface area (Å²) in [4.78, 5) is 39.1. The van der Waals surface area contributed by atoms with Gasteiger partial charge < -0.3 is 25.4 Å². The molecule has 0 saturated carbocycles. The molecular formula is C25H25N5O5. The van der Waals surface area contributed by atoms with Crippen LogP contribution in [0.2, 0.25) is 0 Å². The Morgan fingerprint density at radius 1 is 1.09 bits per heavy atom. The van der Waals surface area contributed by atoms with Crippen LogP contribution >= 0.6 is 0 Å². The molecule has 0 unspecified atom stereocenters. The summed E-state index contributed by atoms with van der Waals surface area (Å²) < 4.78 is 12.0. The van der Waals surface area contributed by atoms with Crippen LogP contribution in [-0.2, 0) is 21.5 Å². The number of amides is 3. The summed E-state index contributed by atoms with van der Waals surface area (Å²) in [5.74, 6) is -0.427. The van der Waals surface area contributed by atoms with Gasteiger partial charge in [0.1, 0.15) is 17.0 Å². The van der Waals surface area contributed by atoms with E-state index in [0.29, 0.717) is 54.6 Å². The average Bonchev–Trinajstić information content (AvgIpc) is 3.23. The van der Waals surface area contributed by atoms with Gasteiger partial charge in [-0.2, -0.15) is 5.10 Å². The van der Waals surface area contributed by atoms with E-state index in [9.17, 15) is 14.4 Å². The van der Waals surface area contributed by atoms with Crippen LogP contribution in [0.1, 0.15) is 39.0 Å². The van der Waals surface area contributed by atoms with Crippen molar-refractivity contribution in [3.63, 3.8) is 0 Å². The quantitative estimate of drug-likeness (QED) is 0.557. The molecule has 3 N–H and O–H groups in total. The van der Waals surface area contributed by atoms with Crippen LogP contribution in [-0.4, -0.2) is 54.4 Å². The zero-order chi connectivity index (χ0) is 24.7. The van der Waals surface area contributed by atoms with Crippen LogP contribution in [0.3, 0.4) is 0 Å². The highest BCUT2D eigenvalue weighted by molar-refractivity contribution is 6.09. The minimum absolute atomic E-state index is 0.0985. The molecule has 10 nitrogen and oxygen atoms in total. The Morgan fingerprint density at radius 3 is 2.29 bits per heavy atom. The topological polar surface area (TPSA) is 129 Å². The number of nitrogens with zero attached hydrogens (tertiary/aromatic N) is 3. The molecule has 3 aromatic rings. The third-order valence-electron chi connectivity index (χ3n) is 6.41. The molecule has 2 aliphatic rings. The zero-order valence-electron chi connectivity index (χ0n) is 19.4. The first kappa shape index (κ1) is 22.6. The smallest absolute Gasteiger partial charge is 0.277 e. The summed E-state index contributed by atoms with van der Waals surface area (Å²) in [6.45, 7) is 2.65. The number of carbonyl (C=O) groups excluding carboxylic acids is 3. The van der Waals surface area contributed by atoms with E-state index in [-0.39, 0.29) is 17.5 Å². The summed E-state index contributed by atoms with van der Waals surface area (Å²) in [6, 6.07) is 14.5. The minimum atomic E-state index is -0.676. The van der Waals surface area contributed by atoms with Gasteiger partial charge in [-0.3, -0.25) is 14.4 Å². The van der Waals surface area contributed by atoms with Gasteiger partial charge in [-0.25, -0.2) is 4.68 Å². The fourth-order valence-electron chi connectivity index (χ4n) is 4.63. The van der Waals surface area contributed by atoms with Crippen molar-refractivity contribution in [2.24, 2.45) is 5.73 Å². The van der Waals surface area contributed by atoms with Crippen LogP contribution in [0.15, 0.2) is 48.5 Å². The number of carbonyl (C=O) groups is 3. The number of methoxy groups -OCH3 is 1. The molecule has 0 bridgehead atoms. The molecule has 3 heterocycles. The molecule has 0 radical (unpaired) electrons. The van der Waals surface area contributed by atoms with Crippen LogP contribution in [0.4, 0.5) is 5.69 Å². The van der Waals surface area contributed by atoms with E-state index < -0.39 is 11.4 Å². The van der Waals surface area contributed by atoms with Crippen LogP contribution in [0.5, 0.6) is 5.75 Å². The van der Waals surface area contributed by atoms with Crippen LogP contribution in [0, 0.1) is 0 Å². The Hall–Kier alpha value is -4.18. The van der Waals surface area contributed by atoms with E-state index in [1.165, 1.54) is 11.6 Å². The number of benzene rings is 2. The lowest BCUT2D eigenvalue weighted by Gasteiger charge is -2.42. The number of aromatic nitrogens is 2. The highest BCUT2D eigenvalue weighted by atomic mass is 16.5. The van der Waals surface area contributed by atoms with Gasteiger partial charge >= 0.3 is 0 Å². The fourth-order valence-corrected chi connectivity index (χ4v) is 4.63. The largest absolute Gasteiger partial charge is 0.497 e. The van der Waals surface area contributed by atoms with Gasteiger partial charge in [0.15, 0.2) is 5.69 Å². The molecule has 2 aromatic carbocycles. The molecule has 0 atom stereocenters. The Balaban J connectivity index is 1.49. The van der Waals surface area contributed by atoms with Gasteiger partial charge in [0.25, 0.3) is 11.8 Å². The molecule has 1 fully saturated rings. The number of hydrogen-bond acceptors (Lipinski definition) is 6. The number of primary amides is 1. The van der Waals surface area contributed by atoms with Crippen molar-refractivity contribution < 1.29 is 23.9 Å². The van der Waals surface area contributed by atoms with E-state index in [4.69, 9.17) is 15.2 Å². The van der Waals surface area contributed by atoms with Gasteiger partial charge in [-0.15, -0.1) is 0 Å². The summed E-state index contributed by atoms with van der Waals surface area (Å²) in [6.07, 6.45) is 0.431. The summed E-state index contributed by atoms with van der Waals surface area (Å²) in [5.41, 5.74) is 8.20. The van der Waals surface area contributed by atoms with E-state index >= 15 is 0 Å². The average molecular weight is 476 g/mol. The van der Waals surface area contributed by atoms with E-state index in [0.717, 1.165) is 5.56 Å². The number of hydrogen-bond donors (Lipinski definition) is 2. The van der Waals surface area contributed by atoms with Crippen LogP contribution < -0.4 is 20.7 Å². The first-order chi connectivity index (χ1) is 16.8. The van der Waals surface area contributed by atoms with Gasteiger partial charge in [0.05, 0.1) is 26.0 Å². The molecule has 1 saturated heterocycles. The number of anilines is 1. The lowest BCUT2D eigenvalue weighted by atomic mass is 9.87. The van der Waals surface area contributed by atoms with Crippen LogP contribution in [0.25, 0.3) is 5.69 Å². The second-order valence-electron chi connectivity index (χ2n) is 8.66. The first-order valence-corrected chi connectivity index (χ1v) is 11.2. The fraction of sp³-hybridized carbons (Fsp3) is 0.280. The van der Waals surface area contributed by atoms with Gasteiger partial charge in [0, 0.05) is 24.7 Å². The second-order valence-corrected chi connectivity index (χ2v) is 8.66. The number of nitrogens with two attached hydrogens (primary N) is 1. The summed E-state index contributed by atoms with van der Waals surface area (Å²) in [7, 11) is 1.57. The normalized spacial score (nSPS) is 16.3. The lowest BCUT2D eigenvalue weighted by molar-refractivity contribution is -0.131. The van der Waals surface area contributed by atoms with Crippen molar-refractivity contribution in [1.29, 1.82) is 0 Å². The van der Waals surface area contributed by atoms with Crippen molar-refractivity contribution in [2.75, 3.05) is 31.8 Å². The Labute approximate surface area is 201 Å². The molecular weight excluding hydrogens is 450 g/mol. The summed E-state index contributed by atoms with van der Waals surface area (Å²) >= 11 is 0. The van der Waals surface area contributed by atoms with Crippen molar-refractivity contribution in [3.05, 3.63) is 71.0 Å². The molecule has 5 rings (SSSR count). The molecule has 180 valence electrons. The third-order valence-corrected chi connectivity index (χ3v) is 6.41. The summed E-state index contributed by atoms with van der Waals surface area (Å²) in [5, 5.41) is 7.36. The molecule has 0 aliphatic carbocycles. The predicted octanol–water partition coefficient (Wildman–Crippen LogP) is 1.54. The maximum Gasteiger partial charge on any atom is 0.277 e. The molecule has 1 aromatic heterocycles.